The molecule has 1 fully saturated rings. The number of carbonyl (C=O) groups is 1. The summed E-state index contributed by atoms with van der Waals surface area (Å²) in [5.74, 6) is -0.214. The van der Waals surface area contributed by atoms with Crippen LogP contribution in [0.15, 0.2) is 24.3 Å². The number of sulfone groups is 1. The third kappa shape index (κ3) is 3.22. The minimum atomic E-state index is -3.04. The molecule has 0 N–H and O–H groups in total. The number of hydrogen-bond acceptors (Lipinski definition) is 4. The van der Waals surface area contributed by atoms with Crippen molar-refractivity contribution in [2.75, 3.05) is 30.0 Å². The second kappa shape index (κ2) is 6.15. The van der Waals surface area contributed by atoms with Crippen molar-refractivity contribution in [3.63, 3.8) is 0 Å². The van der Waals surface area contributed by atoms with Gasteiger partial charge in [0.1, 0.15) is 0 Å². The molecule has 5 nitrogen and oxygen atoms in total. The van der Waals surface area contributed by atoms with E-state index < -0.39 is 9.84 Å². The third-order valence-corrected chi connectivity index (χ3v) is 6.77. The highest BCUT2D eigenvalue weighted by molar-refractivity contribution is 7.91. The third-order valence-electron chi connectivity index (χ3n) is 5.00. The Hall–Kier alpha value is -1.56. The maximum Gasteiger partial charge on any atom is 0.227 e. The molecule has 23 heavy (non-hydrogen) atoms. The van der Waals surface area contributed by atoms with E-state index in [2.05, 4.69) is 31.0 Å². The standard InChI is InChI=1S/C17H24N2O3S/c1-3-15-11-18(2)16-7-5-4-6-13(16)10-19(15)17(20)14-8-9-23(21,22)12-14/h4-7,14-15H,3,8-12H2,1-2H3/t14-,15+/m1/s1. The zero-order valence-corrected chi connectivity index (χ0v) is 14.6. The number of fused-ring (bicyclic) bond motifs is 1. The first-order chi connectivity index (χ1) is 10.9. The zero-order chi connectivity index (χ0) is 16.6. The molecular formula is C17H24N2O3S. The number of amides is 1. The fraction of sp³-hybridized carbons (Fsp3) is 0.588. The highest BCUT2D eigenvalue weighted by Gasteiger charge is 2.38. The predicted octanol–water partition coefficient (Wildman–Crippen LogP) is 1.68. The number of hydrogen-bond donors (Lipinski definition) is 0. The van der Waals surface area contributed by atoms with Crippen molar-refractivity contribution in [1.82, 2.24) is 4.90 Å². The van der Waals surface area contributed by atoms with Gasteiger partial charge in [-0.2, -0.15) is 0 Å². The molecule has 0 aromatic heterocycles. The van der Waals surface area contributed by atoms with Crippen molar-refractivity contribution < 1.29 is 13.2 Å². The number of nitrogens with zero attached hydrogens (tertiary/aromatic N) is 2. The van der Waals surface area contributed by atoms with Gasteiger partial charge < -0.3 is 9.80 Å². The van der Waals surface area contributed by atoms with Crippen molar-refractivity contribution >= 4 is 21.4 Å². The van der Waals surface area contributed by atoms with E-state index in [1.165, 1.54) is 0 Å². The number of para-hydroxylation sites is 1. The molecule has 2 atom stereocenters. The Labute approximate surface area is 138 Å². The summed E-state index contributed by atoms with van der Waals surface area (Å²) in [6.07, 6.45) is 1.33. The molecule has 2 heterocycles. The van der Waals surface area contributed by atoms with Gasteiger partial charge in [0.15, 0.2) is 9.84 Å². The van der Waals surface area contributed by atoms with Crippen LogP contribution in [0.3, 0.4) is 0 Å². The number of carbonyl (C=O) groups excluding carboxylic acids is 1. The summed E-state index contributed by atoms with van der Waals surface area (Å²) in [5, 5.41) is 0. The topological polar surface area (TPSA) is 57.7 Å². The van der Waals surface area contributed by atoms with Gasteiger partial charge in [-0.1, -0.05) is 25.1 Å². The normalized spacial score (nSPS) is 26.7. The van der Waals surface area contributed by atoms with Gasteiger partial charge >= 0.3 is 0 Å². The molecule has 0 bridgehead atoms. The molecule has 126 valence electrons. The van der Waals surface area contributed by atoms with Gasteiger partial charge in [-0.05, 0) is 24.5 Å². The lowest BCUT2D eigenvalue weighted by Gasteiger charge is -2.32. The molecule has 2 aliphatic rings. The van der Waals surface area contributed by atoms with E-state index in [4.69, 9.17) is 0 Å². The Balaban J connectivity index is 1.89. The molecule has 0 unspecified atom stereocenters. The van der Waals surface area contributed by atoms with Crippen LogP contribution in [0.1, 0.15) is 25.3 Å². The van der Waals surface area contributed by atoms with Crippen LogP contribution in [-0.4, -0.2) is 50.4 Å². The quantitative estimate of drug-likeness (QED) is 0.824. The van der Waals surface area contributed by atoms with Gasteiger partial charge in [-0.3, -0.25) is 4.79 Å². The molecule has 0 spiro atoms. The zero-order valence-electron chi connectivity index (χ0n) is 13.7. The summed E-state index contributed by atoms with van der Waals surface area (Å²) in [5.41, 5.74) is 2.28. The van der Waals surface area contributed by atoms with E-state index in [0.29, 0.717) is 13.0 Å². The van der Waals surface area contributed by atoms with Crippen LogP contribution in [0.2, 0.25) is 0 Å². The lowest BCUT2D eigenvalue weighted by molar-refractivity contribution is -0.137. The van der Waals surface area contributed by atoms with E-state index in [0.717, 1.165) is 24.2 Å². The molecule has 0 saturated carbocycles. The Morgan fingerprint density at radius 2 is 2.04 bits per heavy atom. The van der Waals surface area contributed by atoms with Gasteiger partial charge in [0.05, 0.1) is 17.4 Å². The summed E-state index contributed by atoms with van der Waals surface area (Å²) < 4.78 is 23.4. The van der Waals surface area contributed by atoms with Crippen molar-refractivity contribution in [2.45, 2.75) is 32.4 Å². The number of rotatable bonds is 2. The first kappa shape index (κ1) is 16.3. The summed E-state index contributed by atoms with van der Waals surface area (Å²) >= 11 is 0. The predicted molar refractivity (Wildman–Crippen MR) is 91.1 cm³/mol. The van der Waals surface area contributed by atoms with E-state index in [9.17, 15) is 13.2 Å². The first-order valence-electron chi connectivity index (χ1n) is 8.21. The van der Waals surface area contributed by atoms with E-state index in [1.807, 2.05) is 17.0 Å². The molecular weight excluding hydrogens is 312 g/mol. The molecule has 1 aromatic rings. The average Bonchev–Trinajstić information content (AvgIpc) is 2.82. The monoisotopic (exact) mass is 336 g/mol. The summed E-state index contributed by atoms with van der Waals surface area (Å²) in [6, 6.07) is 8.24. The van der Waals surface area contributed by atoms with Gasteiger partial charge in [0, 0.05) is 31.9 Å². The highest BCUT2D eigenvalue weighted by atomic mass is 32.2. The highest BCUT2D eigenvalue weighted by Crippen LogP contribution is 2.30. The molecule has 1 amide bonds. The van der Waals surface area contributed by atoms with Crippen LogP contribution < -0.4 is 4.90 Å². The first-order valence-corrected chi connectivity index (χ1v) is 10.0. The molecule has 1 aromatic carbocycles. The Kier molecular flexibility index (Phi) is 4.36. The fourth-order valence-corrected chi connectivity index (χ4v) is 5.41. The van der Waals surface area contributed by atoms with Gasteiger partial charge in [0.25, 0.3) is 0 Å². The van der Waals surface area contributed by atoms with Crippen molar-refractivity contribution in [3.8, 4) is 0 Å². The van der Waals surface area contributed by atoms with Crippen molar-refractivity contribution in [1.29, 1.82) is 0 Å². The molecule has 6 heteroatoms. The summed E-state index contributed by atoms with van der Waals surface area (Å²) in [6.45, 7) is 3.42. The van der Waals surface area contributed by atoms with Gasteiger partial charge in [0.2, 0.25) is 5.91 Å². The van der Waals surface area contributed by atoms with Crippen LogP contribution in [0, 0.1) is 5.92 Å². The van der Waals surface area contributed by atoms with Crippen LogP contribution in [0.25, 0.3) is 0 Å². The maximum absolute atomic E-state index is 13.0. The van der Waals surface area contributed by atoms with Gasteiger partial charge in [-0.25, -0.2) is 8.42 Å². The SMILES string of the molecule is CC[C@H]1CN(C)c2ccccc2CN1C(=O)[C@@H]1CCS(=O)(=O)C1. The van der Waals surface area contributed by atoms with Crippen LogP contribution in [-0.2, 0) is 21.2 Å². The lowest BCUT2D eigenvalue weighted by Crippen LogP contribution is -2.46. The molecule has 0 radical (unpaired) electrons. The minimum Gasteiger partial charge on any atom is -0.372 e. The maximum atomic E-state index is 13.0. The molecule has 3 rings (SSSR count). The Morgan fingerprint density at radius 1 is 1.30 bits per heavy atom. The van der Waals surface area contributed by atoms with E-state index >= 15 is 0 Å². The fourth-order valence-electron chi connectivity index (χ4n) is 3.67. The van der Waals surface area contributed by atoms with Crippen LogP contribution >= 0.6 is 0 Å². The number of likely N-dealkylation sites (N-methyl/N-ethyl adjacent to an activating group) is 1. The van der Waals surface area contributed by atoms with E-state index in [1.54, 1.807) is 0 Å². The summed E-state index contributed by atoms with van der Waals surface area (Å²) in [4.78, 5) is 17.1. The smallest absolute Gasteiger partial charge is 0.227 e. The minimum absolute atomic E-state index is 0.00280. The molecule has 2 aliphatic heterocycles. The summed E-state index contributed by atoms with van der Waals surface area (Å²) in [7, 11) is -0.991. The van der Waals surface area contributed by atoms with E-state index in [-0.39, 0.29) is 29.4 Å². The largest absolute Gasteiger partial charge is 0.372 e. The van der Waals surface area contributed by atoms with Crippen LogP contribution in [0.4, 0.5) is 5.69 Å². The second-order valence-electron chi connectivity index (χ2n) is 6.64. The second-order valence-corrected chi connectivity index (χ2v) is 8.87. The average molecular weight is 336 g/mol. The van der Waals surface area contributed by atoms with Crippen LogP contribution in [0.5, 0.6) is 0 Å². The Bertz CT molecular complexity index is 702. The van der Waals surface area contributed by atoms with Crippen molar-refractivity contribution in [2.24, 2.45) is 5.92 Å². The lowest BCUT2D eigenvalue weighted by atomic mass is 10.0. The van der Waals surface area contributed by atoms with Crippen molar-refractivity contribution in [3.05, 3.63) is 29.8 Å². The van der Waals surface area contributed by atoms with Gasteiger partial charge in [-0.15, -0.1) is 0 Å². The number of benzene rings is 1. The molecule has 1 saturated heterocycles. The molecule has 0 aliphatic carbocycles. The Morgan fingerprint density at radius 3 is 2.70 bits per heavy atom. The number of anilines is 1.